The molecular formula is C8H6ClF5N2O3S. The first kappa shape index (κ1) is 16.9. The van der Waals surface area contributed by atoms with Crippen LogP contribution in [0.15, 0.2) is 11.1 Å². The normalized spacial score (nSPS) is 12.8. The summed E-state index contributed by atoms with van der Waals surface area (Å²) in [7, 11) is 0.139. The average Bonchev–Trinajstić information content (AvgIpc) is 2.23. The van der Waals surface area contributed by atoms with E-state index in [-0.39, 0.29) is 6.20 Å². The second-order valence-corrected chi connectivity index (χ2v) is 5.81. The van der Waals surface area contributed by atoms with Crippen LogP contribution in [0.25, 0.3) is 0 Å². The lowest BCUT2D eigenvalue weighted by Crippen LogP contribution is -2.20. The third-order valence-electron chi connectivity index (χ3n) is 2.01. The van der Waals surface area contributed by atoms with Crippen molar-refractivity contribution in [2.24, 2.45) is 5.73 Å². The van der Waals surface area contributed by atoms with Gasteiger partial charge in [-0.3, -0.25) is 4.98 Å². The van der Waals surface area contributed by atoms with E-state index in [0.29, 0.717) is 0 Å². The molecule has 0 amide bonds. The fourth-order valence-electron chi connectivity index (χ4n) is 1.38. The maximum Gasteiger partial charge on any atom is 0.573 e. The molecule has 1 aromatic rings. The quantitative estimate of drug-likeness (QED) is 0.672. The van der Waals surface area contributed by atoms with E-state index < -0.39 is 50.3 Å². The minimum Gasteiger partial charge on any atom is -0.403 e. The van der Waals surface area contributed by atoms with Gasteiger partial charge in [-0.25, -0.2) is 17.2 Å². The van der Waals surface area contributed by atoms with Gasteiger partial charge in [-0.2, -0.15) is 0 Å². The molecule has 20 heavy (non-hydrogen) atoms. The van der Waals surface area contributed by atoms with Crippen molar-refractivity contribution in [3.63, 3.8) is 0 Å². The average molecular weight is 341 g/mol. The third-order valence-corrected chi connectivity index (χ3v) is 3.41. The number of hydrogen-bond donors (Lipinski definition) is 1. The smallest absolute Gasteiger partial charge is 0.403 e. The lowest BCUT2D eigenvalue weighted by molar-refractivity contribution is -0.275. The van der Waals surface area contributed by atoms with Gasteiger partial charge in [-0.15, -0.1) is 13.2 Å². The van der Waals surface area contributed by atoms with Crippen LogP contribution in [0.2, 0.25) is 0 Å². The molecule has 12 heteroatoms. The maximum atomic E-state index is 12.6. The van der Waals surface area contributed by atoms with Crippen molar-refractivity contribution in [3.8, 4) is 5.75 Å². The highest BCUT2D eigenvalue weighted by Gasteiger charge is 2.36. The van der Waals surface area contributed by atoms with Crippen LogP contribution in [0.5, 0.6) is 5.75 Å². The number of alkyl halides is 5. The Labute approximate surface area is 113 Å². The number of nitrogens with two attached hydrogens (primary N) is 1. The summed E-state index contributed by atoms with van der Waals surface area (Å²) in [5.74, 6) is -1.32. The van der Waals surface area contributed by atoms with Crippen LogP contribution in [0, 0.1) is 0 Å². The van der Waals surface area contributed by atoms with Crippen molar-refractivity contribution >= 4 is 19.7 Å². The number of hydrogen-bond acceptors (Lipinski definition) is 5. The fourth-order valence-corrected chi connectivity index (χ4v) is 2.70. The van der Waals surface area contributed by atoms with Crippen molar-refractivity contribution in [3.05, 3.63) is 17.5 Å². The van der Waals surface area contributed by atoms with Crippen molar-refractivity contribution in [2.75, 3.05) is 0 Å². The van der Waals surface area contributed by atoms with Crippen LogP contribution in [-0.2, 0) is 15.6 Å². The molecule has 0 spiro atoms. The standard InChI is InChI=1S/C8H6ClF5N2O3S/c9-20(17,18)6-3(1-15)5(7(10)11)16-2-4(6)19-8(12,13)14/h2,7H,1,15H2. The predicted octanol–water partition coefficient (Wildman–Crippen LogP) is 2.30. The Balaban J connectivity index is 3.63. The Morgan fingerprint density at radius 1 is 1.40 bits per heavy atom. The minimum atomic E-state index is -5.25. The van der Waals surface area contributed by atoms with Gasteiger partial charge >= 0.3 is 6.36 Å². The van der Waals surface area contributed by atoms with Crippen LogP contribution >= 0.6 is 10.7 Å². The van der Waals surface area contributed by atoms with Gasteiger partial charge in [-0.05, 0) is 0 Å². The van der Waals surface area contributed by atoms with E-state index in [1.165, 1.54) is 0 Å². The second kappa shape index (κ2) is 5.66. The largest absolute Gasteiger partial charge is 0.573 e. The van der Waals surface area contributed by atoms with Gasteiger partial charge < -0.3 is 10.5 Å². The van der Waals surface area contributed by atoms with E-state index in [1.54, 1.807) is 0 Å². The summed E-state index contributed by atoms with van der Waals surface area (Å²) < 4.78 is 87.7. The highest BCUT2D eigenvalue weighted by atomic mass is 35.7. The van der Waals surface area contributed by atoms with E-state index >= 15 is 0 Å². The summed E-state index contributed by atoms with van der Waals surface area (Å²) in [6, 6.07) is 0. The number of rotatable bonds is 4. The molecule has 0 saturated carbocycles. The second-order valence-electron chi connectivity index (χ2n) is 3.31. The van der Waals surface area contributed by atoms with Crippen molar-refractivity contribution < 1.29 is 35.1 Å². The molecule has 1 aromatic heterocycles. The Bertz CT molecular complexity index is 605. The summed E-state index contributed by atoms with van der Waals surface area (Å²) in [5, 5.41) is 0. The van der Waals surface area contributed by atoms with Crippen LogP contribution in [0.3, 0.4) is 0 Å². The van der Waals surface area contributed by atoms with Gasteiger partial charge in [0.1, 0.15) is 10.6 Å². The van der Waals surface area contributed by atoms with Crippen molar-refractivity contribution in [1.29, 1.82) is 0 Å². The Kier molecular flexibility index (Phi) is 4.77. The summed E-state index contributed by atoms with van der Waals surface area (Å²) >= 11 is 0. The van der Waals surface area contributed by atoms with Crippen LogP contribution < -0.4 is 10.5 Å². The number of ether oxygens (including phenoxy) is 1. The monoisotopic (exact) mass is 340 g/mol. The van der Waals surface area contributed by atoms with Gasteiger partial charge in [-0.1, -0.05) is 0 Å². The van der Waals surface area contributed by atoms with E-state index in [4.69, 9.17) is 16.4 Å². The van der Waals surface area contributed by atoms with Crippen molar-refractivity contribution in [1.82, 2.24) is 4.98 Å². The molecule has 0 aromatic carbocycles. The molecular weight excluding hydrogens is 335 g/mol. The summed E-state index contributed by atoms with van der Waals surface area (Å²) in [4.78, 5) is 1.76. The van der Waals surface area contributed by atoms with Gasteiger partial charge in [0.25, 0.3) is 15.5 Å². The number of aromatic nitrogens is 1. The van der Waals surface area contributed by atoms with E-state index in [2.05, 4.69) is 9.72 Å². The SMILES string of the molecule is NCc1c(C(F)F)ncc(OC(F)(F)F)c1S(=O)(=O)Cl. The van der Waals surface area contributed by atoms with Gasteiger partial charge in [0, 0.05) is 22.8 Å². The molecule has 5 nitrogen and oxygen atoms in total. The summed E-state index contributed by atoms with van der Waals surface area (Å²) in [6.45, 7) is -0.816. The number of pyridine rings is 1. The third kappa shape index (κ3) is 3.90. The van der Waals surface area contributed by atoms with Crippen molar-refractivity contribution in [2.45, 2.75) is 24.2 Å². The molecule has 0 unspecified atom stereocenters. The van der Waals surface area contributed by atoms with Gasteiger partial charge in [0.2, 0.25) is 0 Å². The Morgan fingerprint density at radius 2 is 1.95 bits per heavy atom. The Morgan fingerprint density at radius 3 is 2.30 bits per heavy atom. The molecule has 0 aliphatic rings. The maximum absolute atomic E-state index is 12.6. The van der Waals surface area contributed by atoms with Crippen LogP contribution in [-0.4, -0.2) is 19.8 Å². The molecule has 0 aliphatic heterocycles. The predicted molar refractivity (Wildman–Crippen MR) is 56.8 cm³/mol. The van der Waals surface area contributed by atoms with Crippen LogP contribution in [0.1, 0.15) is 17.7 Å². The summed E-state index contributed by atoms with van der Waals surface area (Å²) in [6.07, 6.45) is -8.30. The van der Waals surface area contributed by atoms with Gasteiger partial charge in [0.05, 0.1) is 6.20 Å². The first-order valence-electron chi connectivity index (χ1n) is 4.67. The minimum absolute atomic E-state index is 0.198. The first-order chi connectivity index (χ1) is 8.97. The van der Waals surface area contributed by atoms with E-state index in [0.717, 1.165) is 0 Å². The first-order valence-corrected chi connectivity index (χ1v) is 6.98. The van der Waals surface area contributed by atoms with Crippen LogP contribution in [0.4, 0.5) is 22.0 Å². The highest BCUT2D eigenvalue weighted by molar-refractivity contribution is 8.13. The Hall–Kier alpha value is -1.20. The van der Waals surface area contributed by atoms with Gasteiger partial charge in [0.15, 0.2) is 5.75 Å². The zero-order chi connectivity index (χ0) is 15.7. The lowest BCUT2D eigenvalue weighted by atomic mass is 10.2. The molecule has 0 atom stereocenters. The zero-order valence-electron chi connectivity index (χ0n) is 9.29. The lowest BCUT2D eigenvalue weighted by Gasteiger charge is -2.16. The molecule has 1 rings (SSSR count). The van der Waals surface area contributed by atoms with E-state index in [1.807, 2.05) is 0 Å². The fraction of sp³-hybridized carbons (Fsp3) is 0.375. The molecule has 0 bridgehead atoms. The topological polar surface area (TPSA) is 82.3 Å². The number of halogens is 6. The molecule has 2 N–H and O–H groups in total. The molecule has 0 aliphatic carbocycles. The van der Waals surface area contributed by atoms with E-state index in [9.17, 15) is 30.4 Å². The molecule has 0 fully saturated rings. The molecule has 1 heterocycles. The molecule has 0 radical (unpaired) electrons. The highest BCUT2D eigenvalue weighted by Crippen LogP contribution is 2.37. The molecule has 114 valence electrons. The number of nitrogens with zero attached hydrogens (tertiary/aromatic N) is 1. The summed E-state index contributed by atoms with van der Waals surface area (Å²) in [5.41, 5.74) is 3.17. The molecule has 0 saturated heterocycles. The zero-order valence-corrected chi connectivity index (χ0v) is 10.9.